The van der Waals surface area contributed by atoms with E-state index in [0.29, 0.717) is 6.42 Å². The number of Topliss-reactive ketones (excluding diaryl/α,β-unsaturated/α-hetero) is 1. The fourth-order valence-corrected chi connectivity index (χ4v) is 5.17. The molecule has 2 aromatic carbocycles. The van der Waals surface area contributed by atoms with Gasteiger partial charge in [0.05, 0.1) is 5.52 Å². The zero-order chi connectivity index (χ0) is 21.2. The molecule has 2 atom stereocenters. The number of rotatable bonds is 5. The Morgan fingerprint density at radius 1 is 0.935 bits per heavy atom. The number of benzene rings is 2. The first-order valence-electron chi connectivity index (χ1n) is 11.0. The Balaban J connectivity index is 1.23. The number of amides is 1. The number of ketones is 1. The number of ether oxygens (including phenoxy) is 1. The van der Waals surface area contributed by atoms with Crippen LogP contribution in [0.15, 0.2) is 66.9 Å². The second-order valence-corrected chi connectivity index (χ2v) is 8.64. The van der Waals surface area contributed by atoms with Crippen LogP contribution in [0.3, 0.4) is 0 Å². The molecular weight excluding hydrogens is 388 g/mol. The minimum Gasteiger partial charge on any atom is -0.445 e. The second kappa shape index (κ2) is 8.50. The molecule has 2 saturated heterocycles. The van der Waals surface area contributed by atoms with Gasteiger partial charge in [-0.15, -0.1) is 0 Å². The summed E-state index contributed by atoms with van der Waals surface area (Å²) in [5, 5.41) is 1.06. The smallest absolute Gasteiger partial charge is 0.410 e. The van der Waals surface area contributed by atoms with Crippen molar-refractivity contribution in [3.05, 3.63) is 78.0 Å². The predicted molar refractivity (Wildman–Crippen MR) is 118 cm³/mol. The van der Waals surface area contributed by atoms with Gasteiger partial charge in [0, 0.05) is 36.0 Å². The van der Waals surface area contributed by atoms with Gasteiger partial charge in [-0.3, -0.25) is 9.78 Å². The number of pyridine rings is 1. The van der Waals surface area contributed by atoms with Crippen LogP contribution in [-0.4, -0.2) is 33.8 Å². The van der Waals surface area contributed by atoms with E-state index in [-0.39, 0.29) is 36.5 Å². The van der Waals surface area contributed by atoms with Crippen LogP contribution in [0.1, 0.15) is 36.8 Å². The topological polar surface area (TPSA) is 59.5 Å². The van der Waals surface area contributed by atoms with E-state index in [2.05, 4.69) is 4.98 Å². The molecule has 2 fully saturated rings. The maximum absolute atomic E-state index is 13.2. The minimum absolute atomic E-state index is 0.00496. The SMILES string of the molecule is O=C(Cc1cccc2cccnc12)C1CC2CCC(C1)N2C(=O)OCc1ccccc1. The van der Waals surface area contributed by atoms with Crippen LogP contribution in [0.5, 0.6) is 0 Å². The summed E-state index contributed by atoms with van der Waals surface area (Å²) in [5.74, 6) is 0.252. The van der Waals surface area contributed by atoms with Crippen LogP contribution >= 0.6 is 0 Å². The van der Waals surface area contributed by atoms with Crippen molar-refractivity contribution < 1.29 is 14.3 Å². The molecule has 0 N–H and O–H groups in total. The van der Waals surface area contributed by atoms with Crippen molar-refractivity contribution in [3.8, 4) is 0 Å². The summed E-state index contributed by atoms with van der Waals surface area (Å²) < 4.78 is 5.58. The molecule has 2 aliphatic heterocycles. The molecule has 1 aromatic heterocycles. The number of carbonyl (C=O) groups is 2. The lowest BCUT2D eigenvalue weighted by Crippen LogP contribution is -2.48. The number of para-hydroxylation sites is 1. The number of nitrogens with zero attached hydrogens (tertiary/aromatic N) is 2. The highest BCUT2D eigenvalue weighted by atomic mass is 16.6. The Morgan fingerprint density at radius 2 is 1.68 bits per heavy atom. The third kappa shape index (κ3) is 4.05. The van der Waals surface area contributed by atoms with Gasteiger partial charge in [-0.25, -0.2) is 4.79 Å². The molecule has 0 radical (unpaired) electrons. The monoisotopic (exact) mass is 414 g/mol. The molecule has 2 bridgehead atoms. The molecule has 0 saturated carbocycles. The standard InChI is InChI=1S/C26H26N2O3/c29-24(16-20-9-4-8-19-10-5-13-27-25(19)20)21-14-22-11-12-23(15-21)28(22)26(30)31-17-18-6-2-1-3-7-18/h1-10,13,21-23H,11-12,14-17H2. The van der Waals surface area contributed by atoms with Crippen molar-refractivity contribution in [1.82, 2.24) is 9.88 Å². The first-order chi connectivity index (χ1) is 15.2. The van der Waals surface area contributed by atoms with E-state index in [0.717, 1.165) is 47.7 Å². The van der Waals surface area contributed by atoms with Crippen molar-refractivity contribution in [2.45, 2.75) is 50.8 Å². The molecule has 3 heterocycles. The Morgan fingerprint density at radius 3 is 2.45 bits per heavy atom. The number of aromatic nitrogens is 1. The summed E-state index contributed by atoms with van der Waals surface area (Å²) in [6.45, 7) is 0.284. The number of piperidine rings is 1. The third-order valence-electron chi connectivity index (χ3n) is 6.69. The summed E-state index contributed by atoms with van der Waals surface area (Å²) in [4.78, 5) is 32.3. The van der Waals surface area contributed by atoms with Crippen molar-refractivity contribution in [1.29, 1.82) is 0 Å². The fraction of sp³-hybridized carbons (Fsp3) is 0.346. The summed E-state index contributed by atoms with van der Waals surface area (Å²) in [6.07, 6.45) is 5.28. The summed E-state index contributed by atoms with van der Waals surface area (Å²) in [5.41, 5.74) is 2.88. The van der Waals surface area contributed by atoms with Crippen LogP contribution in [0.25, 0.3) is 10.9 Å². The summed E-state index contributed by atoms with van der Waals surface area (Å²) in [7, 11) is 0. The fourth-order valence-electron chi connectivity index (χ4n) is 5.17. The molecule has 5 heteroatoms. The lowest BCUT2D eigenvalue weighted by molar-refractivity contribution is -0.124. The molecular formula is C26H26N2O3. The van der Waals surface area contributed by atoms with Gasteiger partial charge in [0.15, 0.2) is 0 Å². The summed E-state index contributed by atoms with van der Waals surface area (Å²) >= 11 is 0. The Labute approximate surface area is 182 Å². The van der Waals surface area contributed by atoms with Crippen molar-refractivity contribution >= 4 is 22.8 Å². The zero-order valence-electron chi connectivity index (χ0n) is 17.4. The van der Waals surface area contributed by atoms with Gasteiger partial charge in [0.1, 0.15) is 12.4 Å². The van der Waals surface area contributed by atoms with E-state index in [1.165, 1.54) is 0 Å². The average Bonchev–Trinajstić information content (AvgIpc) is 3.07. The molecule has 2 unspecified atom stereocenters. The molecule has 0 spiro atoms. The van der Waals surface area contributed by atoms with Crippen LogP contribution < -0.4 is 0 Å². The lowest BCUT2D eigenvalue weighted by Gasteiger charge is -2.37. The maximum atomic E-state index is 13.2. The van der Waals surface area contributed by atoms with Gasteiger partial charge in [-0.2, -0.15) is 0 Å². The molecule has 1 amide bonds. The van der Waals surface area contributed by atoms with E-state index >= 15 is 0 Å². The largest absolute Gasteiger partial charge is 0.445 e. The van der Waals surface area contributed by atoms with Crippen molar-refractivity contribution in [3.63, 3.8) is 0 Å². The molecule has 2 aliphatic rings. The van der Waals surface area contributed by atoms with Gasteiger partial charge < -0.3 is 9.64 Å². The molecule has 5 nitrogen and oxygen atoms in total. The Hall–Kier alpha value is -3.21. The van der Waals surface area contributed by atoms with Gasteiger partial charge in [0.2, 0.25) is 0 Å². The molecule has 31 heavy (non-hydrogen) atoms. The minimum atomic E-state index is -0.250. The normalized spacial score (nSPS) is 22.5. The van der Waals surface area contributed by atoms with Crippen LogP contribution in [-0.2, 0) is 22.6 Å². The lowest BCUT2D eigenvalue weighted by atomic mass is 9.85. The van der Waals surface area contributed by atoms with E-state index < -0.39 is 0 Å². The zero-order valence-corrected chi connectivity index (χ0v) is 17.4. The van der Waals surface area contributed by atoms with E-state index in [4.69, 9.17) is 4.74 Å². The first-order valence-corrected chi connectivity index (χ1v) is 11.0. The van der Waals surface area contributed by atoms with E-state index in [1.807, 2.05) is 65.6 Å². The van der Waals surface area contributed by atoms with Crippen LogP contribution in [0.4, 0.5) is 4.79 Å². The van der Waals surface area contributed by atoms with Gasteiger partial charge in [-0.1, -0.05) is 54.6 Å². The number of carbonyl (C=O) groups excluding carboxylic acids is 2. The third-order valence-corrected chi connectivity index (χ3v) is 6.69. The highest BCUT2D eigenvalue weighted by molar-refractivity contribution is 5.89. The predicted octanol–water partition coefficient (Wildman–Crippen LogP) is 4.93. The van der Waals surface area contributed by atoms with Crippen molar-refractivity contribution in [2.24, 2.45) is 5.92 Å². The second-order valence-electron chi connectivity index (χ2n) is 8.64. The summed E-state index contributed by atoms with van der Waals surface area (Å²) in [6, 6.07) is 19.9. The average molecular weight is 415 g/mol. The Kier molecular flexibility index (Phi) is 5.41. The van der Waals surface area contributed by atoms with Crippen LogP contribution in [0.2, 0.25) is 0 Å². The molecule has 158 valence electrons. The first kappa shape index (κ1) is 19.7. The molecule has 3 aromatic rings. The van der Waals surface area contributed by atoms with E-state index in [9.17, 15) is 9.59 Å². The molecule has 5 rings (SSSR count). The van der Waals surface area contributed by atoms with E-state index in [1.54, 1.807) is 6.20 Å². The Bertz CT molecular complexity index is 1080. The highest BCUT2D eigenvalue weighted by Crippen LogP contribution is 2.40. The van der Waals surface area contributed by atoms with Crippen molar-refractivity contribution in [2.75, 3.05) is 0 Å². The maximum Gasteiger partial charge on any atom is 0.410 e. The number of hydrogen-bond donors (Lipinski definition) is 0. The van der Waals surface area contributed by atoms with Crippen LogP contribution in [0, 0.1) is 5.92 Å². The quantitative estimate of drug-likeness (QED) is 0.594. The molecule has 0 aliphatic carbocycles. The number of fused-ring (bicyclic) bond motifs is 3. The van der Waals surface area contributed by atoms with Gasteiger partial charge >= 0.3 is 6.09 Å². The number of hydrogen-bond acceptors (Lipinski definition) is 4. The van der Waals surface area contributed by atoms with Gasteiger partial charge in [-0.05, 0) is 42.9 Å². The highest BCUT2D eigenvalue weighted by Gasteiger charge is 2.45. The van der Waals surface area contributed by atoms with Gasteiger partial charge in [0.25, 0.3) is 0 Å².